The highest BCUT2D eigenvalue weighted by Gasteiger charge is 2.35. The van der Waals surface area contributed by atoms with Crippen LogP contribution in [0.2, 0.25) is 0 Å². The number of pyridine rings is 3. The van der Waals surface area contributed by atoms with Gasteiger partial charge in [0.1, 0.15) is 48.0 Å². The number of carbonyl (C=O) groups is 8. The number of ketones is 4. The predicted octanol–water partition coefficient (Wildman–Crippen LogP) is 18.0. The Morgan fingerprint density at radius 2 is 0.792 bits per heavy atom. The fraction of sp³-hybridized carbons (Fsp3) is 0.322. The number of fused-ring (bicyclic) bond motifs is 2. The first-order valence-electron chi connectivity index (χ1n) is 39.6. The summed E-state index contributed by atoms with van der Waals surface area (Å²) in [5, 5.41) is 13.7. The van der Waals surface area contributed by atoms with Crippen molar-refractivity contribution in [3.05, 3.63) is 217 Å². The van der Waals surface area contributed by atoms with Crippen molar-refractivity contribution in [2.45, 2.75) is 96.7 Å². The molecule has 618 valence electrons. The number of H-pyrrole nitrogens is 1. The fourth-order valence-electron chi connectivity index (χ4n) is 14.0. The van der Waals surface area contributed by atoms with E-state index in [1.165, 1.54) is 51.6 Å². The van der Waals surface area contributed by atoms with Crippen LogP contribution >= 0.6 is 57.1 Å². The molecular weight excluding hydrogens is 1630 g/mol. The molecule has 4 saturated heterocycles. The molecule has 0 spiro atoms. The third-order valence-electron chi connectivity index (χ3n) is 20.6. The highest BCUT2D eigenvalue weighted by molar-refractivity contribution is 7.98. The van der Waals surface area contributed by atoms with Gasteiger partial charge < -0.3 is 41.6 Å². The Balaban J connectivity index is 0.000000125. The number of rotatable bonds is 23. The smallest absolute Gasteiger partial charge is 0.273 e. The molecule has 4 fully saturated rings. The Morgan fingerprint density at radius 1 is 0.417 bits per heavy atom. The van der Waals surface area contributed by atoms with Crippen molar-refractivity contribution in [3.63, 3.8) is 0 Å². The zero-order valence-corrected chi connectivity index (χ0v) is 69.6. The molecule has 120 heavy (non-hydrogen) atoms. The molecule has 17 heterocycles. The van der Waals surface area contributed by atoms with E-state index in [1.807, 2.05) is 61.2 Å². The van der Waals surface area contributed by atoms with Crippen LogP contribution in [0.15, 0.2) is 171 Å². The maximum Gasteiger partial charge on any atom is 0.273 e. The lowest BCUT2D eigenvalue weighted by Gasteiger charge is -2.20. The second-order valence-electron chi connectivity index (χ2n) is 28.6. The Hall–Kier alpha value is -11.4. The predicted molar refractivity (Wildman–Crippen MR) is 457 cm³/mol. The van der Waals surface area contributed by atoms with Gasteiger partial charge in [-0.3, -0.25) is 74.6 Å². The minimum absolute atomic E-state index is 0.0201. The lowest BCUT2D eigenvalue weighted by atomic mass is 9.94. The number of hydrogen-bond acceptors (Lipinski definition) is 28. The van der Waals surface area contributed by atoms with Crippen LogP contribution in [0, 0.1) is 23.7 Å². The number of benzene rings is 1. The van der Waals surface area contributed by atoms with Gasteiger partial charge in [0.15, 0.2) is 66.7 Å². The summed E-state index contributed by atoms with van der Waals surface area (Å²) in [5.74, 6) is 2.42. The van der Waals surface area contributed by atoms with Crippen molar-refractivity contribution in [3.8, 4) is 45.8 Å². The zero-order valence-electron chi connectivity index (χ0n) is 65.5. The number of aromatic amines is 1. The highest BCUT2D eigenvalue weighted by Crippen LogP contribution is 2.41. The van der Waals surface area contributed by atoms with E-state index in [-0.39, 0.29) is 70.4 Å². The molecule has 18 rings (SSSR count). The van der Waals surface area contributed by atoms with Crippen LogP contribution in [0.25, 0.3) is 56.7 Å². The molecule has 1 aromatic carbocycles. The number of carbonyl (C=O) groups excluding carboxylic acids is 8. The molecule has 0 saturated carbocycles. The molecule has 0 aliphatic carbocycles. The summed E-state index contributed by atoms with van der Waals surface area (Å²) in [6, 6.07) is 32.6. The molecule has 28 nitrogen and oxygen atoms in total. The van der Waals surface area contributed by atoms with E-state index < -0.39 is 0 Å². The van der Waals surface area contributed by atoms with Crippen molar-refractivity contribution in [1.82, 2.24) is 39.9 Å². The van der Waals surface area contributed by atoms with E-state index in [0.29, 0.717) is 212 Å². The summed E-state index contributed by atoms with van der Waals surface area (Å²) in [4.78, 5) is 140. The van der Waals surface area contributed by atoms with Gasteiger partial charge in [0.2, 0.25) is 0 Å². The number of anilines is 4. The summed E-state index contributed by atoms with van der Waals surface area (Å²) in [5.41, 5.74) is 8.60. The molecule has 4 amide bonds. The molecule has 0 atom stereocenters. The van der Waals surface area contributed by atoms with E-state index in [9.17, 15) is 38.4 Å². The molecule has 5 aliphatic rings. The Kier molecular flexibility index (Phi) is 28.0. The maximum absolute atomic E-state index is 13.2. The largest absolute Gasteiger partial charge is 0.463 e. The first-order valence-corrected chi connectivity index (χ1v) is 44.1. The van der Waals surface area contributed by atoms with E-state index in [4.69, 9.17) is 36.6 Å². The van der Waals surface area contributed by atoms with Gasteiger partial charge in [-0.2, -0.15) is 11.8 Å². The van der Waals surface area contributed by atoms with Crippen LogP contribution in [-0.2, 0) is 44.0 Å². The second-order valence-corrected chi connectivity index (χ2v) is 33.7. The molecule has 5 N–H and O–H groups in total. The van der Waals surface area contributed by atoms with Crippen molar-refractivity contribution in [2.75, 3.05) is 79.9 Å². The van der Waals surface area contributed by atoms with Gasteiger partial charge in [-0.1, -0.05) is 83.8 Å². The van der Waals surface area contributed by atoms with Crippen LogP contribution in [0.3, 0.4) is 0 Å². The molecule has 0 unspecified atom stereocenters. The van der Waals surface area contributed by atoms with Gasteiger partial charge in [-0.05, 0) is 173 Å². The number of furan rings is 4. The Bertz CT molecular complexity index is 5660. The number of Topliss-reactive ketones (excluding diaryl/α,β-unsaturated/α-hetero) is 4. The Labute approximate surface area is 708 Å². The van der Waals surface area contributed by atoms with Crippen molar-refractivity contribution >= 4 is 135 Å². The van der Waals surface area contributed by atoms with Crippen LogP contribution in [-0.4, -0.2) is 145 Å². The first-order chi connectivity index (χ1) is 58.7. The minimum Gasteiger partial charge on any atom is -0.463 e. The number of ether oxygens (including phenoxy) is 4. The topological polar surface area (TPSA) is 380 Å². The van der Waals surface area contributed by atoms with E-state index in [1.54, 1.807) is 104 Å². The zero-order chi connectivity index (χ0) is 82.9. The lowest BCUT2D eigenvalue weighted by Crippen LogP contribution is -2.23. The van der Waals surface area contributed by atoms with Gasteiger partial charge in [-0.25, -0.2) is 19.9 Å². The SMILES string of the molecule is CCCc1ccc(C(=O)Nc2nc(-c3ccco3)c(C(=O)C3CCOCC3)s2)cn1.CCc1ccc(C(=O)Nc2nc(-c3ccco3)c(C(=O)C3CCOCC3)s2)cn1.O=C(Nc1nc(-c2ccco2)c(C(=O)C2CCOCC2)s1)c1cc2ccccc2[nH]1.O=C(Nc1nc(-c2ccco2)c(C(=O)C2CCOCC2)s1)c1cnc2c(c1)CSCC2. The summed E-state index contributed by atoms with van der Waals surface area (Å²) < 4.78 is 43.4. The monoisotopic (exact) mass is 1710 g/mol. The van der Waals surface area contributed by atoms with Gasteiger partial charge >= 0.3 is 0 Å². The number of thiazole rings is 4. The lowest BCUT2D eigenvalue weighted by molar-refractivity contribution is 0.0546. The van der Waals surface area contributed by atoms with Gasteiger partial charge in [0.25, 0.3) is 23.6 Å². The summed E-state index contributed by atoms with van der Waals surface area (Å²) in [6.07, 6.45) is 20.0. The first kappa shape index (κ1) is 83.7. The molecule has 12 aromatic heterocycles. The average Bonchev–Trinajstić information content (AvgIpc) is 1.68. The van der Waals surface area contributed by atoms with Crippen LogP contribution in [0.5, 0.6) is 0 Å². The van der Waals surface area contributed by atoms with E-state index in [0.717, 1.165) is 70.7 Å². The van der Waals surface area contributed by atoms with Gasteiger partial charge in [0.05, 0.1) is 41.7 Å². The Morgan fingerprint density at radius 3 is 1.15 bits per heavy atom. The number of thioether (sulfide) groups is 1. The van der Waals surface area contributed by atoms with Gasteiger partial charge in [0, 0.05) is 129 Å². The third-order valence-corrected chi connectivity index (χ3v) is 25.5. The van der Waals surface area contributed by atoms with Crippen LogP contribution in [0.4, 0.5) is 20.5 Å². The summed E-state index contributed by atoms with van der Waals surface area (Å²) >= 11 is 6.58. The van der Waals surface area contributed by atoms with Crippen LogP contribution < -0.4 is 21.3 Å². The fourth-order valence-corrected chi connectivity index (χ4v) is 18.9. The number of aromatic nitrogens is 8. The second kappa shape index (κ2) is 40.1. The molecule has 5 aliphatic heterocycles. The third kappa shape index (κ3) is 20.5. The molecule has 13 aromatic rings. The number of hydrogen-bond donors (Lipinski definition) is 5. The van der Waals surface area contributed by atoms with Crippen molar-refractivity contribution in [1.29, 1.82) is 0 Å². The maximum atomic E-state index is 13.2. The summed E-state index contributed by atoms with van der Waals surface area (Å²) in [7, 11) is 0. The number of aryl methyl sites for hydroxylation is 3. The quantitative estimate of drug-likeness (QED) is 0.0371. The number of para-hydroxylation sites is 1. The number of amides is 4. The number of nitrogens with zero attached hydrogens (tertiary/aromatic N) is 7. The minimum atomic E-state index is -0.315. The summed E-state index contributed by atoms with van der Waals surface area (Å²) in [6.45, 7) is 8.73. The standard InChI is InChI=1S/C22H21N3O4S2.C22H19N3O4S.C22H23N3O4S.C21H21N3O4S/c26-19(13-3-7-28-8-4-13)20-18(17-2-1-6-29-17)24-22(31-20)25-21(27)14-10-15-12-30-9-5-16(15)23-11-14;26-19(13-7-10-28-11-8-13)20-18(17-6-3-9-29-17)24-22(30-20)25-21(27)16-12-14-4-1-2-5-15(14)23-16;1-2-4-16-7-6-15(13-23-16)21(27)25-22-24-18(17-5-3-10-29-17)20(30-22)19(26)14-8-11-28-12-9-14;1-2-15-6-5-14(12-22-15)20(26)24-21-23-17(16-4-3-9-28-16)19(29-21)18(25)13-7-10-27-11-8-13/h1-2,6,10-11,13H,3-5,7-9,12H2,(H,24,25,27);1-6,9,12-13,23H,7-8,10-11H2,(H,24,25,27);3,5-7,10,13-14H,2,4,8-9,11-12H2,1H3,(H,24,25,27);3-6,9,12-13H,2,7-8,10-11H2,1H3,(H,23,24,26). The molecule has 33 heteroatoms. The number of nitrogens with one attached hydrogen (secondary N) is 5. The van der Waals surface area contributed by atoms with Crippen LogP contribution in [0.1, 0.15) is 175 Å². The van der Waals surface area contributed by atoms with E-state index in [2.05, 4.69) is 68.1 Å². The van der Waals surface area contributed by atoms with Crippen molar-refractivity contribution in [2.24, 2.45) is 23.7 Å². The molecule has 0 bridgehead atoms. The highest BCUT2D eigenvalue weighted by atomic mass is 32.2. The molecule has 0 radical (unpaired) electrons. The van der Waals surface area contributed by atoms with Gasteiger partial charge in [-0.15, -0.1) is 0 Å². The van der Waals surface area contributed by atoms with E-state index >= 15 is 0 Å². The normalized spacial score (nSPS) is 15.2. The average molecular weight is 1710 g/mol. The molecular formula is C87H84N12O16S5. The van der Waals surface area contributed by atoms with Crippen molar-refractivity contribution < 1.29 is 75.0 Å².